The first-order valence-electron chi connectivity index (χ1n) is 7.71. The molecule has 1 aromatic rings. The van der Waals surface area contributed by atoms with Gasteiger partial charge in [-0.05, 0) is 19.8 Å². The third-order valence-corrected chi connectivity index (χ3v) is 4.53. The van der Waals surface area contributed by atoms with Gasteiger partial charge < -0.3 is 14.4 Å². The van der Waals surface area contributed by atoms with E-state index in [0.29, 0.717) is 6.61 Å². The van der Waals surface area contributed by atoms with Gasteiger partial charge in [-0.2, -0.15) is 0 Å². The van der Waals surface area contributed by atoms with Crippen LogP contribution in [0.4, 0.5) is 0 Å². The summed E-state index contributed by atoms with van der Waals surface area (Å²) in [6.45, 7) is 5.34. The average Bonchev–Trinajstić information content (AvgIpc) is 2.96. The molecule has 1 aliphatic carbocycles. The summed E-state index contributed by atoms with van der Waals surface area (Å²) in [7, 11) is 0. The van der Waals surface area contributed by atoms with Gasteiger partial charge in [-0.15, -0.1) is 10.2 Å². The molecule has 20 heavy (non-hydrogen) atoms. The predicted molar refractivity (Wildman–Crippen MR) is 74.2 cm³/mol. The molecule has 6 nitrogen and oxygen atoms in total. The molecule has 1 aromatic heterocycles. The summed E-state index contributed by atoms with van der Waals surface area (Å²) in [5.74, 6) is 0.905. The van der Waals surface area contributed by atoms with Crippen LogP contribution >= 0.6 is 0 Å². The van der Waals surface area contributed by atoms with E-state index in [1.54, 1.807) is 6.33 Å². The molecule has 0 amide bonds. The summed E-state index contributed by atoms with van der Waals surface area (Å²) in [5, 5.41) is 18.4. The maximum atomic E-state index is 10.2. The minimum absolute atomic E-state index is 0.0275. The molecule has 0 unspecified atom stereocenters. The molecule has 3 rings (SSSR count). The molecule has 1 N–H and O–H groups in total. The van der Waals surface area contributed by atoms with Crippen LogP contribution in [0, 0.1) is 0 Å². The SMILES string of the molecule is CCn1cnnc1[C@@H]1CN([C@@H]2CCCC[C@H]2O)CCO1. The van der Waals surface area contributed by atoms with Gasteiger partial charge in [0, 0.05) is 25.7 Å². The van der Waals surface area contributed by atoms with Crippen molar-refractivity contribution in [1.82, 2.24) is 19.7 Å². The van der Waals surface area contributed by atoms with Crippen molar-refractivity contribution < 1.29 is 9.84 Å². The van der Waals surface area contributed by atoms with Crippen LogP contribution in [0.15, 0.2) is 6.33 Å². The zero-order chi connectivity index (χ0) is 13.9. The fourth-order valence-electron chi connectivity index (χ4n) is 3.40. The first kappa shape index (κ1) is 14.0. The summed E-state index contributed by atoms with van der Waals surface area (Å²) in [5.41, 5.74) is 0. The Kier molecular flexibility index (Phi) is 4.33. The van der Waals surface area contributed by atoms with Gasteiger partial charge in [-0.3, -0.25) is 4.90 Å². The first-order valence-corrected chi connectivity index (χ1v) is 7.71. The second-order valence-electron chi connectivity index (χ2n) is 5.75. The van der Waals surface area contributed by atoms with E-state index in [1.165, 1.54) is 6.42 Å². The van der Waals surface area contributed by atoms with E-state index in [0.717, 1.165) is 44.7 Å². The number of morpholine rings is 1. The highest BCUT2D eigenvalue weighted by Crippen LogP contribution is 2.28. The minimum Gasteiger partial charge on any atom is -0.391 e. The summed E-state index contributed by atoms with van der Waals surface area (Å²) < 4.78 is 7.91. The van der Waals surface area contributed by atoms with Gasteiger partial charge in [-0.25, -0.2) is 0 Å². The molecule has 3 atom stereocenters. The Morgan fingerprint density at radius 1 is 1.40 bits per heavy atom. The highest BCUT2D eigenvalue weighted by atomic mass is 16.5. The smallest absolute Gasteiger partial charge is 0.163 e. The maximum absolute atomic E-state index is 10.2. The van der Waals surface area contributed by atoms with Gasteiger partial charge in [0.1, 0.15) is 12.4 Å². The largest absolute Gasteiger partial charge is 0.391 e. The standard InChI is InChI=1S/C14H24N4O2/c1-2-17-10-15-16-14(17)13-9-18(7-8-20-13)11-5-3-4-6-12(11)19/h10-13,19H,2-9H2,1H3/t11-,12-,13+/m1/s1. The number of aliphatic hydroxyl groups is 1. The molecule has 2 fully saturated rings. The minimum atomic E-state index is -0.188. The van der Waals surface area contributed by atoms with E-state index in [1.807, 2.05) is 4.57 Å². The molecule has 0 radical (unpaired) electrons. The van der Waals surface area contributed by atoms with Crippen molar-refractivity contribution in [3.05, 3.63) is 12.2 Å². The molecule has 0 aromatic carbocycles. The van der Waals surface area contributed by atoms with Crippen LogP contribution in [0.2, 0.25) is 0 Å². The van der Waals surface area contributed by atoms with Crippen LogP contribution in [0.25, 0.3) is 0 Å². The third kappa shape index (κ3) is 2.73. The van der Waals surface area contributed by atoms with Gasteiger partial charge in [0.25, 0.3) is 0 Å². The maximum Gasteiger partial charge on any atom is 0.163 e. The lowest BCUT2D eigenvalue weighted by molar-refractivity contribution is -0.0786. The summed E-state index contributed by atoms with van der Waals surface area (Å²) in [4.78, 5) is 2.38. The Morgan fingerprint density at radius 2 is 2.25 bits per heavy atom. The molecular weight excluding hydrogens is 256 g/mol. The third-order valence-electron chi connectivity index (χ3n) is 4.53. The Morgan fingerprint density at radius 3 is 3.05 bits per heavy atom. The summed E-state index contributed by atoms with van der Waals surface area (Å²) in [6.07, 6.45) is 5.93. The number of hydrogen-bond acceptors (Lipinski definition) is 5. The van der Waals surface area contributed by atoms with Gasteiger partial charge in [-0.1, -0.05) is 12.8 Å². The quantitative estimate of drug-likeness (QED) is 0.894. The van der Waals surface area contributed by atoms with E-state index in [9.17, 15) is 5.11 Å². The second-order valence-corrected chi connectivity index (χ2v) is 5.75. The molecule has 2 heterocycles. The topological polar surface area (TPSA) is 63.4 Å². The molecule has 0 spiro atoms. The fourth-order valence-corrected chi connectivity index (χ4v) is 3.40. The highest BCUT2D eigenvalue weighted by Gasteiger charge is 2.34. The normalized spacial score (nSPS) is 32.4. The van der Waals surface area contributed by atoms with Crippen molar-refractivity contribution in [2.24, 2.45) is 0 Å². The van der Waals surface area contributed by atoms with Crippen LogP contribution < -0.4 is 0 Å². The number of aromatic nitrogens is 3. The lowest BCUT2D eigenvalue weighted by Gasteiger charge is -2.41. The fraction of sp³-hybridized carbons (Fsp3) is 0.857. The lowest BCUT2D eigenvalue weighted by atomic mass is 9.91. The van der Waals surface area contributed by atoms with Crippen LogP contribution in [-0.4, -0.2) is 56.6 Å². The van der Waals surface area contributed by atoms with Crippen molar-refractivity contribution in [2.45, 2.75) is 57.4 Å². The molecule has 1 saturated heterocycles. The molecule has 2 aliphatic rings. The average molecular weight is 280 g/mol. The van der Waals surface area contributed by atoms with E-state index >= 15 is 0 Å². The van der Waals surface area contributed by atoms with Crippen molar-refractivity contribution >= 4 is 0 Å². The Balaban J connectivity index is 1.70. The van der Waals surface area contributed by atoms with E-state index in [-0.39, 0.29) is 18.2 Å². The second kappa shape index (κ2) is 6.20. The van der Waals surface area contributed by atoms with E-state index < -0.39 is 0 Å². The Bertz CT molecular complexity index is 437. The Labute approximate surface area is 119 Å². The van der Waals surface area contributed by atoms with Gasteiger partial charge in [0.2, 0.25) is 0 Å². The van der Waals surface area contributed by atoms with Crippen LogP contribution in [0.1, 0.15) is 44.5 Å². The van der Waals surface area contributed by atoms with Crippen LogP contribution in [0.3, 0.4) is 0 Å². The van der Waals surface area contributed by atoms with Gasteiger partial charge in [0.05, 0.1) is 12.7 Å². The van der Waals surface area contributed by atoms with Gasteiger partial charge >= 0.3 is 0 Å². The molecule has 112 valence electrons. The lowest BCUT2D eigenvalue weighted by Crippen LogP contribution is -2.51. The van der Waals surface area contributed by atoms with E-state index in [4.69, 9.17) is 4.74 Å². The molecular formula is C14H24N4O2. The molecule has 0 bridgehead atoms. The van der Waals surface area contributed by atoms with Gasteiger partial charge in [0.15, 0.2) is 5.82 Å². The van der Waals surface area contributed by atoms with Crippen molar-refractivity contribution in [2.75, 3.05) is 19.7 Å². The number of aliphatic hydroxyl groups excluding tert-OH is 1. The zero-order valence-corrected chi connectivity index (χ0v) is 12.1. The zero-order valence-electron chi connectivity index (χ0n) is 12.1. The van der Waals surface area contributed by atoms with Crippen molar-refractivity contribution in [3.63, 3.8) is 0 Å². The number of rotatable bonds is 3. The molecule has 1 aliphatic heterocycles. The molecule has 6 heteroatoms. The predicted octanol–water partition coefficient (Wildman–Crippen LogP) is 0.975. The highest BCUT2D eigenvalue weighted by molar-refractivity contribution is 4.96. The number of ether oxygens (including phenoxy) is 1. The molecule has 1 saturated carbocycles. The van der Waals surface area contributed by atoms with Crippen molar-refractivity contribution in [1.29, 1.82) is 0 Å². The summed E-state index contributed by atoms with van der Waals surface area (Å²) in [6, 6.07) is 0.285. The van der Waals surface area contributed by atoms with Crippen molar-refractivity contribution in [3.8, 4) is 0 Å². The number of aryl methyl sites for hydroxylation is 1. The van der Waals surface area contributed by atoms with Crippen LogP contribution in [0.5, 0.6) is 0 Å². The number of hydrogen-bond donors (Lipinski definition) is 1. The summed E-state index contributed by atoms with van der Waals surface area (Å²) >= 11 is 0. The van der Waals surface area contributed by atoms with E-state index in [2.05, 4.69) is 22.0 Å². The number of nitrogens with zero attached hydrogens (tertiary/aromatic N) is 4. The van der Waals surface area contributed by atoms with Crippen LogP contribution in [-0.2, 0) is 11.3 Å². The Hall–Kier alpha value is -0.980. The first-order chi connectivity index (χ1) is 9.79. The monoisotopic (exact) mass is 280 g/mol.